The molecule has 0 aliphatic carbocycles. The third-order valence-electron chi connectivity index (χ3n) is 4.39. The van der Waals surface area contributed by atoms with Crippen LogP contribution in [-0.2, 0) is 21.2 Å². The first-order valence-corrected chi connectivity index (χ1v) is 11.6. The van der Waals surface area contributed by atoms with Crippen molar-refractivity contribution in [2.45, 2.75) is 31.2 Å². The zero-order valence-corrected chi connectivity index (χ0v) is 18.5. The van der Waals surface area contributed by atoms with Crippen molar-refractivity contribution >= 4 is 38.6 Å². The SMILES string of the molecule is CC[C@@H](NC1=NS(=O)N=C1Nc1cccc(S(=O)(=O)N(C)C)c1O)c1cc(C)co1. The van der Waals surface area contributed by atoms with Crippen LogP contribution in [0.25, 0.3) is 0 Å². The first-order chi connectivity index (χ1) is 14.1. The summed E-state index contributed by atoms with van der Waals surface area (Å²) < 4.78 is 51.2. The number of phenolic OH excluding ortho intramolecular Hbond substituents is 1. The summed E-state index contributed by atoms with van der Waals surface area (Å²) in [6.45, 7) is 3.86. The molecular weight excluding hydrogens is 430 g/mol. The van der Waals surface area contributed by atoms with Gasteiger partial charge in [-0.1, -0.05) is 13.0 Å². The number of aromatic hydroxyl groups is 1. The number of benzene rings is 1. The van der Waals surface area contributed by atoms with Crippen molar-refractivity contribution < 1.29 is 22.2 Å². The number of aryl methyl sites for hydroxylation is 1. The number of rotatable bonds is 6. The molecule has 0 radical (unpaired) electrons. The molecule has 30 heavy (non-hydrogen) atoms. The highest BCUT2D eigenvalue weighted by Gasteiger charge is 2.27. The van der Waals surface area contributed by atoms with Crippen LogP contribution >= 0.6 is 0 Å². The molecule has 1 aromatic heterocycles. The van der Waals surface area contributed by atoms with Crippen LogP contribution in [-0.4, -0.2) is 47.8 Å². The predicted molar refractivity (Wildman–Crippen MR) is 115 cm³/mol. The molecule has 0 saturated heterocycles. The minimum Gasteiger partial charge on any atom is -0.504 e. The number of amidine groups is 2. The van der Waals surface area contributed by atoms with Crippen molar-refractivity contribution in [3.05, 3.63) is 41.9 Å². The maximum absolute atomic E-state index is 12.4. The maximum atomic E-state index is 12.4. The highest BCUT2D eigenvalue weighted by molar-refractivity contribution is 7.89. The van der Waals surface area contributed by atoms with E-state index in [9.17, 15) is 17.7 Å². The Kier molecular flexibility index (Phi) is 6.29. The summed E-state index contributed by atoms with van der Waals surface area (Å²) in [6.07, 6.45) is 2.30. The Morgan fingerprint density at radius 2 is 1.97 bits per heavy atom. The molecule has 1 aliphatic rings. The Morgan fingerprint density at radius 1 is 1.27 bits per heavy atom. The molecule has 2 atom stereocenters. The second kappa shape index (κ2) is 8.58. The smallest absolute Gasteiger partial charge is 0.269 e. The number of para-hydroxylation sites is 1. The minimum atomic E-state index is -3.86. The van der Waals surface area contributed by atoms with Gasteiger partial charge >= 0.3 is 0 Å². The van der Waals surface area contributed by atoms with E-state index in [1.165, 1.54) is 32.3 Å². The van der Waals surface area contributed by atoms with Gasteiger partial charge in [-0.15, -0.1) is 8.80 Å². The molecule has 1 aliphatic heterocycles. The summed E-state index contributed by atoms with van der Waals surface area (Å²) in [5, 5.41) is 16.5. The molecule has 0 fully saturated rings. The fourth-order valence-corrected chi connectivity index (χ4v) is 4.39. The van der Waals surface area contributed by atoms with Gasteiger partial charge in [-0.25, -0.2) is 16.9 Å². The molecule has 0 bridgehead atoms. The maximum Gasteiger partial charge on any atom is 0.269 e. The summed E-state index contributed by atoms with van der Waals surface area (Å²) in [5.41, 5.74) is 1.06. The second-order valence-electron chi connectivity index (χ2n) is 6.81. The third-order valence-corrected chi connectivity index (χ3v) is 6.91. The molecule has 0 amide bonds. The summed E-state index contributed by atoms with van der Waals surface area (Å²) in [5.74, 6) is 0.551. The van der Waals surface area contributed by atoms with Gasteiger partial charge in [0.05, 0.1) is 18.0 Å². The lowest BCUT2D eigenvalue weighted by atomic mass is 10.1. The van der Waals surface area contributed by atoms with Crippen LogP contribution in [0, 0.1) is 6.92 Å². The van der Waals surface area contributed by atoms with Crippen molar-refractivity contribution in [1.29, 1.82) is 0 Å². The van der Waals surface area contributed by atoms with Crippen molar-refractivity contribution in [1.82, 2.24) is 9.62 Å². The fraction of sp³-hybridized carbons (Fsp3) is 0.333. The van der Waals surface area contributed by atoms with E-state index in [2.05, 4.69) is 19.4 Å². The molecule has 1 aromatic carbocycles. The third kappa shape index (κ3) is 4.40. The molecule has 1 unspecified atom stereocenters. The van der Waals surface area contributed by atoms with E-state index < -0.39 is 26.9 Å². The Morgan fingerprint density at radius 3 is 2.57 bits per heavy atom. The lowest BCUT2D eigenvalue weighted by Gasteiger charge is -2.18. The van der Waals surface area contributed by atoms with Gasteiger partial charge < -0.3 is 20.2 Å². The Bertz CT molecular complexity index is 1140. The first-order valence-electron chi connectivity index (χ1n) is 9.06. The molecule has 10 nitrogen and oxygen atoms in total. The zero-order chi connectivity index (χ0) is 22.1. The molecule has 12 heteroatoms. The summed E-state index contributed by atoms with van der Waals surface area (Å²) in [4.78, 5) is -0.263. The topological polar surface area (TPSA) is 137 Å². The lowest BCUT2D eigenvalue weighted by molar-refractivity contribution is 0.440. The Hall–Kier alpha value is -2.70. The van der Waals surface area contributed by atoms with E-state index >= 15 is 0 Å². The van der Waals surface area contributed by atoms with Gasteiger partial charge in [-0.05, 0) is 37.1 Å². The van der Waals surface area contributed by atoms with Gasteiger partial charge in [0, 0.05) is 14.1 Å². The normalized spacial score (nSPS) is 17.6. The van der Waals surface area contributed by atoms with Gasteiger partial charge in [-0.2, -0.15) is 0 Å². The van der Waals surface area contributed by atoms with Crippen LogP contribution in [0.3, 0.4) is 0 Å². The van der Waals surface area contributed by atoms with Crippen LogP contribution in [0.2, 0.25) is 0 Å². The number of nitrogens with one attached hydrogen (secondary N) is 2. The van der Waals surface area contributed by atoms with Gasteiger partial charge in [0.2, 0.25) is 10.0 Å². The number of furan rings is 1. The zero-order valence-electron chi connectivity index (χ0n) is 16.9. The molecule has 0 saturated carbocycles. The standard InChI is InChI=1S/C18H23N5O5S2/c1-5-12(14-9-11(2)10-28-14)19-17-18(22-29(25)21-17)20-13-7-6-8-15(16(13)24)30(26,27)23(3)4/h6-10,12,24H,5H2,1-4H3,(H,19,21)(H,20,22)/t12-,29?/m1/s1. The van der Waals surface area contributed by atoms with Crippen molar-refractivity contribution in [3.63, 3.8) is 0 Å². The van der Waals surface area contributed by atoms with Crippen LogP contribution in [0.4, 0.5) is 5.69 Å². The summed E-state index contributed by atoms with van der Waals surface area (Å²) in [6, 6.07) is 5.91. The van der Waals surface area contributed by atoms with Crippen LogP contribution < -0.4 is 10.6 Å². The summed E-state index contributed by atoms with van der Waals surface area (Å²) >= 11 is -1.85. The number of anilines is 1. The second-order valence-corrected chi connectivity index (χ2v) is 9.75. The van der Waals surface area contributed by atoms with E-state index in [-0.39, 0.29) is 28.3 Å². The van der Waals surface area contributed by atoms with E-state index in [1.54, 1.807) is 6.26 Å². The van der Waals surface area contributed by atoms with E-state index in [0.29, 0.717) is 12.2 Å². The lowest BCUT2D eigenvalue weighted by Crippen LogP contribution is -2.36. The number of nitrogens with zero attached hydrogens (tertiary/aromatic N) is 3. The number of hydrogen-bond acceptors (Lipinski definition) is 7. The average molecular weight is 454 g/mol. The van der Waals surface area contributed by atoms with Crippen LogP contribution in [0.1, 0.15) is 30.7 Å². The molecular formula is C18H23N5O5S2. The predicted octanol–water partition coefficient (Wildman–Crippen LogP) is 2.09. The first kappa shape index (κ1) is 22.0. The van der Waals surface area contributed by atoms with Gasteiger partial charge in [0.25, 0.3) is 11.2 Å². The van der Waals surface area contributed by atoms with Crippen LogP contribution in [0.5, 0.6) is 5.75 Å². The van der Waals surface area contributed by atoms with Gasteiger partial charge in [-0.3, -0.25) is 0 Å². The monoisotopic (exact) mass is 453 g/mol. The van der Waals surface area contributed by atoms with E-state index in [4.69, 9.17) is 4.42 Å². The molecule has 2 aromatic rings. The average Bonchev–Trinajstić information content (AvgIpc) is 3.26. The Balaban J connectivity index is 1.87. The Labute approximate surface area is 177 Å². The highest BCUT2D eigenvalue weighted by atomic mass is 32.2. The van der Waals surface area contributed by atoms with Crippen LogP contribution in [0.15, 0.2) is 48.6 Å². The van der Waals surface area contributed by atoms with E-state index in [1.807, 2.05) is 19.9 Å². The summed E-state index contributed by atoms with van der Waals surface area (Å²) in [7, 11) is -1.12. The molecule has 3 rings (SSSR count). The van der Waals surface area contributed by atoms with Gasteiger partial charge in [0.15, 0.2) is 17.4 Å². The minimum absolute atomic E-state index is 0.0898. The largest absolute Gasteiger partial charge is 0.504 e. The molecule has 162 valence electrons. The van der Waals surface area contributed by atoms with Gasteiger partial charge in [0.1, 0.15) is 10.7 Å². The number of sulfonamides is 1. The van der Waals surface area contributed by atoms with Crippen molar-refractivity contribution in [2.24, 2.45) is 8.80 Å². The molecule has 2 heterocycles. The quantitative estimate of drug-likeness (QED) is 0.570. The highest BCUT2D eigenvalue weighted by Crippen LogP contribution is 2.32. The molecule has 0 spiro atoms. The van der Waals surface area contributed by atoms with E-state index in [0.717, 1.165) is 9.87 Å². The number of phenols is 1. The molecule has 3 N–H and O–H groups in total. The van der Waals surface area contributed by atoms with Crippen molar-refractivity contribution in [3.8, 4) is 5.75 Å². The number of hydrogen-bond donors (Lipinski definition) is 3. The van der Waals surface area contributed by atoms with Crippen molar-refractivity contribution in [2.75, 3.05) is 19.4 Å². The fourth-order valence-electron chi connectivity index (χ4n) is 2.77.